The maximum absolute atomic E-state index is 12.1. The molecule has 0 aliphatic rings. The van der Waals surface area contributed by atoms with Gasteiger partial charge in [0.15, 0.2) is 5.75 Å². The van der Waals surface area contributed by atoms with Gasteiger partial charge in [0.05, 0.1) is 11.5 Å². The zero-order valence-electron chi connectivity index (χ0n) is 13.7. The maximum atomic E-state index is 12.1. The highest BCUT2D eigenvalue weighted by Gasteiger charge is 2.19. The first-order valence-corrected chi connectivity index (χ1v) is 7.51. The normalized spacial score (nSPS) is 10.0. The number of nitrogens with zero attached hydrogens (tertiary/aromatic N) is 1. The molecule has 0 unspecified atom stereocenters. The van der Waals surface area contributed by atoms with Gasteiger partial charge in [-0.2, -0.15) is 0 Å². The molecule has 2 aromatic rings. The van der Waals surface area contributed by atoms with E-state index in [4.69, 9.17) is 4.74 Å². The van der Waals surface area contributed by atoms with Crippen LogP contribution >= 0.6 is 0 Å². The van der Waals surface area contributed by atoms with Crippen molar-refractivity contribution in [2.75, 3.05) is 6.61 Å². The standard InChI is InChI=1S/C17H17N3O5/c1-3-25-15-9-8-13(10-14(15)20(23)24)17(22)19-18-16(21)12-6-4-11(2)5-7-12/h4-10H,3H2,1-2H3,(H,18,21)(H,19,22). The monoisotopic (exact) mass is 343 g/mol. The lowest BCUT2D eigenvalue weighted by molar-refractivity contribution is -0.385. The lowest BCUT2D eigenvalue weighted by Crippen LogP contribution is -2.41. The fraction of sp³-hybridized carbons (Fsp3) is 0.176. The van der Waals surface area contributed by atoms with E-state index < -0.39 is 16.7 Å². The third-order valence-electron chi connectivity index (χ3n) is 3.32. The van der Waals surface area contributed by atoms with Gasteiger partial charge in [0.2, 0.25) is 0 Å². The molecule has 2 N–H and O–H groups in total. The minimum atomic E-state index is -0.674. The molecule has 0 heterocycles. The van der Waals surface area contributed by atoms with E-state index in [1.807, 2.05) is 6.92 Å². The molecule has 2 rings (SSSR count). The third kappa shape index (κ3) is 4.54. The molecule has 0 spiro atoms. The van der Waals surface area contributed by atoms with Crippen LogP contribution in [0.5, 0.6) is 5.75 Å². The van der Waals surface area contributed by atoms with Gasteiger partial charge in [0.25, 0.3) is 11.8 Å². The molecule has 130 valence electrons. The molecule has 2 aromatic carbocycles. The molecule has 8 nitrogen and oxygen atoms in total. The lowest BCUT2D eigenvalue weighted by atomic mass is 10.1. The number of nitro benzene ring substituents is 1. The predicted molar refractivity (Wildman–Crippen MR) is 90.4 cm³/mol. The Morgan fingerprint density at radius 3 is 2.16 bits per heavy atom. The van der Waals surface area contributed by atoms with Crippen LogP contribution in [0.4, 0.5) is 5.69 Å². The van der Waals surface area contributed by atoms with E-state index in [-0.39, 0.29) is 23.6 Å². The zero-order valence-corrected chi connectivity index (χ0v) is 13.7. The lowest BCUT2D eigenvalue weighted by Gasteiger charge is -2.09. The average Bonchev–Trinajstić information content (AvgIpc) is 2.60. The number of carbonyl (C=O) groups excluding carboxylic acids is 2. The SMILES string of the molecule is CCOc1ccc(C(=O)NNC(=O)c2ccc(C)cc2)cc1[N+](=O)[O-]. The molecular formula is C17H17N3O5. The van der Waals surface area contributed by atoms with Gasteiger partial charge in [-0.05, 0) is 38.1 Å². The second kappa shape index (κ2) is 7.91. The smallest absolute Gasteiger partial charge is 0.311 e. The number of nitrogens with one attached hydrogen (secondary N) is 2. The highest BCUT2D eigenvalue weighted by Crippen LogP contribution is 2.27. The van der Waals surface area contributed by atoms with Crippen LogP contribution in [0.2, 0.25) is 0 Å². The van der Waals surface area contributed by atoms with Gasteiger partial charge in [-0.15, -0.1) is 0 Å². The number of amides is 2. The summed E-state index contributed by atoms with van der Waals surface area (Å²) in [7, 11) is 0. The van der Waals surface area contributed by atoms with Gasteiger partial charge in [-0.3, -0.25) is 30.6 Å². The zero-order chi connectivity index (χ0) is 18.4. The summed E-state index contributed by atoms with van der Waals surface area (Å²) in [5, 5.41) is 11.1. The molecule has 8 heteroatoms. The number of hydrazine groups is 1. The Kier molecular flexibility index (Phi) is 5.67. The van der Waals surface area contributed by atoms with Gasteiger partial charge < -0.3 is 4.74 Å². The van der Waals surface area contributed by atoms with Gasteiger partial charge in [0.1, 0.15) is 0 Å². The summed E-state index contributed by atoms with van der Waals surface area (Å²) in [6, 6.07) is 10.6. The van der Waals surface area contributed by atoms with Crippen LogP contribution in [0.3, 0.4) is 0 Å². The van der Waals surface area contributed by atoms with Crippen molar-refractivity contribution in [3.05, 3.63) is 69.3 Å². The topological polar surface area (TPSA) is 111 Å². The van der Waals surface area contributed by atoms with Gasteiger partial charge in [-0.1, -0.05) is 17.7 Å². The van der Waals surface area contributed by atoms with Crippen molar-refractivity contribution in [1.29, 1.82) is 0 Å². The summed E-state index contributed by atoms with van der Waals surface area (Å²) in [6.07, 6.45) is 0. The van der Waals surface area contributed by atoms with Gasteiger partial charge in [0, 0.05) is 17.2 Å². The highest BCUT2D eigenvalue weighted by molar-refractivity contribution is 5.99. The predicted octanol–water partition coefficient (Wildman–Crippen LogP) is 2.38. The Balaban J connectivity index is 2.07. The van der Waals surface area contributed by atoms with Gasteiger partial charge in [-0.25, -0.2) is 0 Å². The van der Waals surface area contributed by atoms with E-state index in [0.717, 1.165) is 11.6 Å². The summed E-state index contributed by atoms with van der Waals surface area (Å²) in [5.41, 5.74) is 5.58. The first kappa shape index (κ1) is 17.9. The van der Waals surface area contributed by atoms with Crippen molar-refractivity contribution in [2.45, 2.75) is 13.8 Å². The summed E-state index contributed by atoms with van der Waals surface area (Å²) in [5.74, 6) is -1.09. The van der Waals surface area contributed by atoms with Crippen LogP contribution in [-0.4, -0.2) is 23.3 Å². The largest absolute Gasteiger partial charge is 0.487 e. The average molecular weight is 343 g/mol. The van der Waals surface area contributed by atoms with Crippen LogP contribution in [-0.2, 0) is 0 Å². The highest BCUT2D eigenvalue weighted by atomic mass is 16.6. The first-order valence-electron chi connectivity index (χ1n) is 7.51. The fourth-order valence-electron chi connectivity index (χ4n) is 2.04. The molecule has 0 fully saturated rings. The number of aryl methyl sites for hydroxylation is 1. The summed E-state index contributed by atoms with van der Waals surface area (Å²) in [6.45, 7) is 3.85. The molecule has 0 saturated heterocycles. The number of nitro groups is 1. The molecule has 0 radical (unpaired) electrons. The van der Waals surface area contributed by atoms with Gasteiger partial charge >= 0.3 is 5.69 Å². The Bertz CT molecular complexity index is 802. The molecule has 0 saturated carbocycles. The Hall–Kier alpha value is -3.42. The number of rotatable bonds is 5. The van der Waals surface area contributed by atoms with Crippen molar-refractivity contribution in [2.24, 2.45) is 0 Å². The number of hydrogen-bond acceptors (Lipinski definition) is 5. The number of hydrogen-bond donors (Lipinski definition) is 2. The first-order chi connectivity index (χ1) is 11.9. The Labute approximate surface area is 143 Å². The molecule has 0 aliphatic carbocycles. The summed E-state index contributed by atoms with van der Waals surface area (Å²) < 4.78 is 5.16. The quantitative estimate of drug-likeness (QED) is 0.639. The molecule has 0 aromatic heterocycles. The fourth-order valence-corrected chi connectivity index (χ4v) is 2.04. The molecule has 2 amide bonds. The van der Waals surface area contributed by atoms with Crippen LogP contribution in [0.15, 0.2) is 42.5 Å². The maximum Gasteiger partial charge on any atom is 0.311 e. The van der Waals surface area contributed by atoms with Crippen molar-refractivity contribution in [3.63, 3.8) is 0 Å². The summed E-state index contributed by atoms with van der Waals surface area (Å²) >= 11 is 0. The van der Waals surface area contributed by atoms with Crippen LogP contribution < -0.4 is 15.6 Å². The number of ether oxygens (including phenoxy) is 1. The molecular weight excluding hydrogens is 326 g/mol. The van der Waals surface area contributed by atoms with E-state index in [2.05, 4.69) is 10.9 Å². The summed E-state index contributed by atoms with van der Waals surface area (Å²) in [4.78, 5) is 34.5. The van der Waals surface area contributed by atoms with E-state index in [1.54, 1.807) is 31.2 Å². The van der Waals surface area contributed by atoms with Crippen LogP contribution in [0.25, 0.3) is 0 Å². The van der Waals surface area contributed by atoms with E-state index in [9.17, 15) is 19.7 Å². The second-order valence-corrected chi connectivity index (χ2v) is 5.15. The Morgan fingerprint density at radius 2 is 1.60 bits per heavy atom. The van der Waals surface area contributed by atoms with Crippen LogP contribution in [0, 0.1) is 17.0 Å². The van der Waals surface area contributed by atoms with Crippen molar-refractivity contribution in [3.8, 4) is 5.75 Å². The number of benzene rings is 2. The molecule has 0 bridgehead atoms. The molecule has 0 atom stereocenters. The van der Waals surface area contributed by atoms with E-state index in [1.165, 1.54) is 12.1 Å². The second-order valence-electron chi connectivity index (χ2n) is 5.15. The number of carbonyl (C=O) groups is 2. The van der Waals surface area contributed by atoms with E-state index in [0.29, 0.717) is 5.56 Å². The van der Waals surface area contributed by atoms with Crippen molar-refractivity contribution < 1.29 is 19.2 Å². The Morgan fingerprint density at radius 1 is 1.04 bits per heavy atom. The van der Waals surface area contributed by atoms with E-state index >= 15 is 0 Å². The third-order valence-corrected chi connectivity index (χ3v) is 3.32. The molecule has 0 aliphatic heterocycles. The van der Waals surface area contributed by atoms with Crippen molar-refractivity contribution >= 4 is 17.5 Å². The minimum Gasteiger partial charge on any atom is -0.487 e. The van der Waals surface area contributed by atoms with Crippen LogP contribution in [0.1, 0.15) is 33.2 Å². The van der Waals surface area contributed by atoms with Crippen molar-refractivity contribution in [1.82, 2.24) is 10.9 Å². The minimum absolute atomic E-state index is 0.0272. The molecule has 25 heavy (non-hydrogen) atoms.